The predicted octanol–water partition coefficient (Wildman–Crippen LogP) is 3.24. The monoisotopic (exact) mass is 509 g/mol. The maximum absolute atomic E-state index is 13.0. The molecule has 4 amide bonds. The molecular formula is C25H20FN3O8. The molecule has 190 valence electrons. The number of halogens is 1. The zero-order valence-electron chi connectivity index (χ0n) is 19.3. The van der Waals surface area contributed by atoms with Gasteiger partial charge in [0.05, 0.1) is 7.11 Å². The minimum absolute atomic E-state index is 0.0481. The lowest BCUT2D eigenvalue weighted by Crippen LogP contribution is -2.38. The molecule has 2 aromatic carbocycles. The highest BCUT2D eigenvalue weighted by atomic mass is 19.1. The fourth-order valence-corrected chi connectivity index (χ4v) is 3.37. The van der Waals surface area contributed by atoms with Gasteiger partial charge in [-0.3, -0.25) is 9.59 Å². The van der Waals surface area contributed by atoms with Gasteiger partial charge in [0.1, 0.15) is 30.4 Å². The Morgan fingerprint density at radius 2 is 1.86 bits per heavy atom. The number of hydrogen-bond donors (Lipinski definition) is 3. The van der Waals surface area contributed by atoms with Crippen molar-refractivity contribution in [2.45, 2.75) is 6.61 Å². The van der Waals surface area contributed by atoms with Crippen molar-refractivity contribution in [3.8, 4) is 11.5 Å². The molecule has 0 aliphatic carbocycles. The summed E-state index contributed by atoms with van der Waals surface area (Å²) < 4.78 is 29.1. The average Bonchev–Trinajstić information content (AvgIpc) is 3.45. The van der Waals surface area contributed by atoms with Crippen molar-refractivity contribution in [2.24, 2.45) is 0 Å². The third-order valence-corrected chi connectivity index (χ3v) is 5.13. The molecule has 0 unspecified atom stereocenters. The molecule has 0 bridgehead atoms. The molecule has 1 aliphatic heterocycles. The predicted molar refractivity (Wildman–Crippen MR) is 126 cm³/mol. The maximum Gasteiger partial charge on any atom is 0.371 e. The van der Waals surface area contributed by atoms with Crippen LogP contribution in [0.5, 0.6) is 11.5 Å². The summed E-state index contributed by atoms with van der Waals surface area (Å²) >= 11 is 0. The summed E-state index contributed by atoms with van der Waals surface area (Å²) in [6.07, 6.45) is 1.41. The van der Waals surface area contributed by atoms with Crippen LogP contribution in [0.2, 0.25) is 0 Å². The first-order valence-corrected chi connectivity index (χ1v) is 10.8. The lowest BCUT2D eigenvalue weighted by Gasteiger charge is -2.12. The normalized spacial score (nSPS) is 14.0. The molecule has 1 aliphatic rings. The Kier molecular flexibility index (Phi) is 7.19. The van der Waals surface area contributed by atoms with Crippen molar-refractivity contribution in [3.05, 3.63) is 83.2 Å². The minimum atomic E-state index is -1.19. The first-order chi connectivity index (χ1) is 17.7. The van der Waals surface area contributed by atoms with Crippen molar-refractivity contribution in [1.29, 1.82) is 0 Å². The highest BCUT2D eigenvalue weighted by Crippen LogP contribution is 2.30. The second-order valence-corrected chi connectivity index (χ2v) is 7.70. The van der Waals surface area contributed by atoms with Crippen LogP contribution in [0, 0.1) is 5.82 Å². The van der Waals surface area contributed by atoms with Gasteiger partial charge in [0.25, 0.3) is 5.91 Å². The van der Waals surface area contributed by atoms with Gasteiger partial charge in [-0.2, -0.15) is 0 Å². The van der Waals surface area contributed by atoms with E-state index in [-0.39, 0.29) is 18.1 Å². The summed E-state index contributed by atoms with van der Waals surface area (Å²) in [5.41, 5.74) is 0.765. The van der Waals surface area contributed by atoms with Gasteiger partial charge in [0.2, 0.25) is 11.7 Å². The molecule has 3 aromatic rings. The molecule has 3 N–H and O–H groups in total. The van der Waals surface area contributed by atoms with Crippen molar-refractivity contribution in [1.82, 2.24) is 10.2 Å². The van der Waals surface area contributed by atoms with Crippen molar-refractivity contribution in [2.75, 3.05) is 19.0 Å². The fraction of sp³-hybridized carbons (Fsp3) is 0.120. The lowest BCUT2D eigenvalue weighted by molar-refractivity contribution is -0.127. The standard InChI is InChI=1S/C25H20FN3O8/c1-35-21-11-14(2-8-19(21)36-13-17-7-9-20(37-17)24(32)33)10-18-23(31)29(25(34)28-18)12-22(30)27-16-5-3-15(26)4-6-16/h2-11H,12-13H2,1H3,(H,27,30)(H,28,34)(H,32,33)/b18-10-. The Balaban J connectivity index is 1.41. The number of rotatable bonds is 9. The maximum atomic E-state index is 13.0. The number of nitrogens with one attached hydrogen (secondary N) is 2. The molecule has 37 heavy (non-hydrogen) atoms. The van der Waals surface area contributed by atoms with Crippen LogP contribution in [0.25, 0.3) is 6.08 Å². The average molecular weight is 509 g/mol. The zero-order chi connectivity index (χ0) is 26.5. The van der Waals surface area contributed by atoms with Crippen molar-refractivity contribution < 1.29 is 42.6 Å². The van der Waals surface area contributed by atoms with E-state index in [1.807, 2.05) is 0 Å². The van der Waals surface area contributed by atoms with E-state index in [0.29, 0.717) is 28.5 Å². The Morgan fingerprint density at radius 1 is 1.11 bits per heavy atom. The summed E-state index contributed by atoms with van der Waals surface area (Å²) in [5, 5.41) is 13.8. The number of furan rings is 1. The van der Waals surface area contributed by atoms with Gasteiger partial charge < -0.3 is 29.6 Å². The summed E-state index contributed by atoms with van der Waals surface area (Å²) in [5.74, 6) is -2.26. The lowest BCUT2D eigenvalue weighted by atomic mass is 10.1. The third-order valence-electron chi connectivity index (χ3n) is 5.13. The van der Waals surface area contributed by atoms with Gasteiger partial charge in [-0.15, -0.1) is 0 Å². The molecule has 12 heteroatoms. The number of amides is 4. The van der Waals surface area contributed by atoms with Crippen LogP contribution in [0.15, 0.2) is 64.7 Å². The molecule has 1 fully saturated rings. The van der Waals surface area contributed by atoms with E-state index < -0.39 is 36.2 Å². The Bertz CT molecular complexity index is 1400. The number of carbonyl (C=O) groups is 4. The summed E-state index contributed by atoms with van der Waals surface area (Å²) in [6.45, 7) is -0.584. The molecule has 0 saturated carbocycles. The van der Waals surface area contributed by atoms with Gasteiger partial charge in [0.15, 0.2) is 11.5 Å². The second kappa shape index (κ2) is 10.6. The SMILES string of the molecule is COc1cc(/C=C2\NC(=O)N(CC(=O)Nc3ccc(F)cc3)C2=O)ccc1OCc1ccc(C(=O)O)o1. The number of benzene rings is 2. The quantitative estimate of drug-likeness (QED) is 0.294. The third kappa shape index (κ3) is 5.93. The topological polar surface area (TPSA) is 147 Å². The molecule has 1 saturated heterocycles. The largest absolute Gasteiger partial charge is 0.493 e. The highest BCUT2D eigenvalue weighted by Gasteiger charge is 2.35. The number of aromatic carboxylic acids is 1. The van der Waals surface area contributed by atoms with Crippen LogP contribution in [-0.4, -0.2) is 47.5 Å². The summed E-state index contributed by atoms with van der Waals surface area (Å²) in [6, 6.07) is 11.8. The zero-order valence-corrected chi connectivity index (χ0v) is 19.3. The van der Waals surface area contributed by atoms with E-state index in [4.69, 9.17) is 19.0 Å². The molecule has 11 nitrogen and oxygen atoms in total. The molecule has 4 rings (SSSR count). The summed E-state index contributed by atoms with van der Waals surface area (Å²) in [4.78, 5) is 48.9. The Morgan fingerprint density at radius 3 is 2.54 bits per heavy atom. The molecule has 0 spiro atoms. The number of carboxylic acids is 1. The summed E-state index contributed by atoms with van der Waals surface area (Å²) in [7, 11) is 1.42. The number of carbonyl (C=O) groups excluding carboxylic acids is 3. The smallest absolute Gasteiger partial charge is 0.371 e. The number of ether oxygens (including phenoxy) is 2. The first kappa shape index (κ1) is 25.0. The first-order valence-electron chi connectivity index (χ1n) is 10.8. The number of methoxy groups -OCH3 is 1. The Labute approximate surface area is 209 Å². The van der Waals surface area contributed by atoms with Gasteiger partial charge in [0, 0.05) is 5.69 Å². The van der Waals surface area contributed by atoms with Crippen LogP contribution in [0.4, 0.5) is 14.9 Å². The number of urea groups is 1. The van der Waals surface area contributed by atoms with Crippen LogP contribution >= 0.6 is 0 Å². The van der Waals surface area contributed by atoms with Crippen LogP contribution < -0.4 is 20.1 Å². The van der Waals surface area contributed by atoms with Crippen molar-refractivity contribution >= 4 is 35.6 Å². The highest BCUT2D eigenvalue weighted by molar-refractivity contribution is 6.16. The molecule has 0 atom stereocenters. The number of imide groups is 1. The number of hydrogen-bond acceptors (Lipinski definition) is 7. The van der Waals surface area contributed by atoms with E-state index in [9.17, 15) is 23.6 Å². The molecule has 2 heterocycles. The number of nitrogens with zero attached hydrogens (tertiary/aromatic N) is 1. The van der Waals surface area contributed by atoms with E-state index in [1.54, 1.807) is 18.2 Å². The minimum Gasteiger partial charge on any atom is -0.493 e. The van der Waals surface area contributed by atoms with Gasteiger partial charge in [-0.1, -0.05) is 6.07 Å². The molecule has 0 radical (unpaired) electrons. The van der Waals surface area contributed by atoms with E-state index in [0.717, 1.165) is 4.90 Å². The Hall–Kier alpha value is -5.13. The van der Waals surface area contributed by atoms with Crippen molar-refractivity contribution in [3.63, 3.8) is 0 Å². The van der Waals surface area contributed by atoms with E-state index in [1.165, 1.54) is 49.6 Å². The number of carboxylic acid groups (broad SMARTS) is 1. The fourth-order valence-electron chi connectivity index (χ4n) is 3.37. The van der Waals surface area contributed by atoms with Gasteiger partial charge in [-0.05, 0) is 60.2 Å². The van der Waals surface area contributed by atoms with Gasteiger partial charge >= 0.3 is 12.0 Å². The number of anilines is 1. The molecular weight excluding hydrogens is 489 g/mol. The van der Waals surface area contributed by atoms with E-state index in [2.05, 4.69) is 10.6 Å². The molecule has 1 aromatic heterocycles. The van der Waals surface area contributed by atoms with Crippen LogP contribution in [0.3, 0.4) is 0 Å². The van der Waals surface area contributed by atoms with Crippen LogP contribution in [0.1, 0.15) is 21.9 Å². The van der Waals surface area contributed by atoms with Crippen LogP contribution in [-0.2, 0) is 16.2 Å². The second-order valence-electron chi connectivity index (χ2n) is 7.70. The van der Waals surface area contributed by atoms with Gasteiger partial charge in [-0.25, -0.2) is 18.9 Å². The van der Waals surface area contributed by atoms with E-state index >= 15 is 0 Å².